The second kappa shape index (κ2) is 4.21. The van der Waals surface area contributed by atoms with Gasteiger partial charge in [0.2, 0.25) is 0 Å². The number of aryl methyl sites for hydroxylation is 1. The molecule has 0 spiro atoms. The van der Waals surface area contributed by atoms with Crippen molar-refractivity contribution in [2.24, 2.45) is 0 Å². The van der Waals surface area contributed by atoms with Crippen LogP contribution in [0.1, 0.15) is 24.1 Å². The maximum Gasteiger partial charge on any atom is 0.185 e. The minimum absolute atomic E-state index is 0.192. The Labute approximate surface area is 100 Å². The third kappa shape index (κ3) is 1.91. The molecule has 1 aromatic heterocycles. The zero-order valence-electron chi connectivity index (χ0n) is 9.70. The Morgan fingerprint density at radius 3 is 2.59 bits per heavy atom. The molecule has 1 aliphatic rings. The van der Waals surface area contributed by atoms with Crippen LogP contribution < -0.4 is 5.43 Å². The molecule has 0 saturated carbocycles. The Bertz CT molecular complexity index is 584. The molecule has 0 unspecified atom stereocenters. The molecule has 0 fully saturated rings. The van der Waals surface area contributed by atoms with Crippen LogP contribution in [0.3, 0.4) is 0 Å². The SMILES string of the molecule is O=c1cc(-c2ccccc2)[nH]c2c1CCCC2. The molecule has 0 radical (unpaired) electrons. The first-order valence-electron chi connectivity index (χ1n) is 6.15. The van der Waals surface area contributed by atoms with Gasteiger partial charge in [0, 0.05) is 23.0 Å². The van der Waals surface area contributed by atoms with Crippen LogP contribution in [0, 0.1) is 0 Å². The van der Waals surface area contributed by atoms with Gasteiger partial charge in [0.25, 0.3) is 0 Å². The van der Waals surface area contributed by atoms with Crippen LogP contribution in [0.25, 0.3) is 11.3 Å². The van der Waals surface area contributed by atoms with Crippen molar-refractivity contribution in [3.63, 3.8) is 0 Å². The standard InChI is InChI=1S/C15H15NO/c17-15-10-14(11-6-2-1-3-7-11)16-13-9-5-4-8-12(13)15/h1-3,6-7,10H,4-5,8-9H2,(H,16,17). The van der Waals surface area contributed by atoms with Gasteiger partial charge in [-0.3, -0.25) is 4.79 Å². The van der Waals surface area contributed by atoms with Gasteiger partial charge in [-0.1, -0.05) is 30.3 Å². The number of rotatable bonds is 1. The van der Waals surface area contributed by atoms with E-state index >= 15 is 0 Å². The Hall–Kier alpha value is -1.83. The third-order valence-electron chi connectivity index (χ3n) is 3.41. The number of pyridine rings is 1. The van der Waals surface area contributed by atoms with Gasteiger partial charge < -0.3 is 4.98 Å². The fraction of sp³-hybridized carbons (Fsp3) is 0.267. The summed E-state index contributed by atoms with van der Waals surface area (Å²) in [6, 6.07) is 11.8. The van der Waals surface area contributed by atoms with E-state index in [0.29, 0.717) is 0 Å². The summed E-state index contributed by atoms with van der Waals surface area (Å²) < 4.78 is 0. The van der Waals surface area contributed by atoms with Gasteiger partial charge in [0.15, 0.2) is 5.43 Å². The van der Waals surface area contributed by atoms with E-state index in [9.17, 15) is 4.79 Å². The maximum absolute atomic E-state index is 12.0. The third-order valence-corrected chi connectivity index (χ3v) is 3.41. The number of fused-ring (bicyclic) bond motifs is 1. The van der Waals surface area contributed by atoms with E-state index in [1.54, 1.807) is 6.07 Å². The second-order valence-corrected chi connectivity index (χ2v) is 4.58. The summed E-state index contributed by atoms with van der Waals surface area (Å²) in [6.07, 6.45) is 4.26. The first-order chi connectivity index (χ1) is 8.34. The minimum Gasteiger partial charge on any atom is -0.358 e. The molecule has 3 rings (SSSR count). The van der Waals surface area contributed by atoms with Gasteiger partial charge in [0.05, 0.1) is 0 Å². The molecule has 2 heteroatoms. The van der Waals surface area contributed by atoms with Crippen molar-refractivity contribution in [1.82, 2.24) is 4.98 Å². The minimum atomic E-state index is 0.192. The highest BCUT2D eigenvalue weighted by Crippen LogP contribution is 2.21. The fourth-order valence-electron chi connectivity index (χ4n) is 2.51. The van der Waals surface area contributed by atoms with Crippen molar-refractivity contribution in [2.75, 3.05) is 0 Å². The lowest BCUT2D eigenvalue weighted by Crippen LogP contribution is -2.17. The van der Waals surface area contributed by atoms with Crippen molar-refractivity contribution in [1.29, 1.82) is 0 Å². The van der Waals surface area contributed by atoms with E-state index in [1.807, 2.05) is 30.3 Å². The molecule has 0 amide bonds. The molecular weight excluding hydrogens is 210 g/mol. The summed E-state index contributed by atoms with van der Waals surface area (Å²) in [7, 11) is 0. The number of hydrogen-bond acceptors (Lipinski definition) is 1. The Morgan fingerprint density at radius 2 is 1.76 bits per heavy atom. The molecule has 0 atom stereocenters. The van der Waals surface area contributed by atoms with E-state index in [-0.39, 0.29) is 5.43 Å². The first kappa shape index (κ1) is 10.3. The predicted molar refractivity (Wildman–Crippen MR) is 69.1 cm³/mol. The molecule has 0 bridgehead atoms. The summed E-state index contributed by atoms with van der Waals surface area (Å²) in [6.45, 7) is 0. The topological polar surface area (TPSA) is 32.9 Å². The highest BCUT2D eigenvalue weighted by Gasteiger charge is 2.14. The average molecular weight is 225 g/mol. The van der Waals surface area contributed by atoms with Crippen molar-refractivity contribution in [3.8, 4) is 11.3 Å². The van der Waals surface area contributed by atoms with Crippen LogP contribution in [0.5, 0.6) is 0 Å². The van der Waals surface area contributed by atoms with Crippen molar-refractivity contribution in [3.05, 3.63) is 57.9 Å². The number of hydrogen-bond donors (Lipinski definition) is 1. The van der Waals surface area contributed by atoms with Crippen LogP contribution in [-0.2, 0) is 12.8 Å². The zero-order valence-corrected chi connectivity index (χ0v) is 9.70. The van der Waals surface area contributed by atoms with E-state index in [2.05, 4.69) is 4.98 Å². The van der Waals surface area contributed by atoms with Crippen LogP contribution in [-0.4, -0.2) is 4.98 Å². The number of aromatic amines is 1. The predicted octanol–water partition coefficient (Wildman–Crippen LogP) is 2.92. The molecule has 0 aliphatic heterocycles. The van der Waals surface area contributed by atoms with Crippen LogP contribution in [0.2, 0.25) is 0 Å². The summed E-state index contributed by atoms with van der Waals surface area (Å²) in [5.41, 5.74) is 4.35. The van der Waals surface area contributed by atoms with E-state index in [1.165, 1.54) is 6.42 Å². The largest absolute Gasteiger partial charge is 0.358 e. The smallest absolute Gasteiger partial charge is 0.185 e. The Balaban J connectivity index is 2.14. The van der Waals surface area contributed by atoms with Gasteiger partial charge in [0.1, 0.15) is 0 Å². The number of aromatic nitrogens is 1. The van der Waals surface area contributed by atoms with Gasteiger partial charge >= 0.3 is 0 Å². The van der Waals surface area contributed by atoms with Gasteiger partial charge in [-0.05, 0) is 31.2 Å². The molecular formula is C15H15NO. The monoisotopic (exact) mass is 225 g/mol. The highest BCUT2D eigenvalue weighted by atomic mass is 16.1. The summed E-state index contributed by atoms with van der Waals surface area (Å²) in [4.78, 5) is 15.5. The lowest BCUT2D eigenvalue weighted by Gasteiger charge is -2.16. The Morgan fingerprint density at radius 1 is 1.00 bits per heavy atom. The van der Waals surface area contributed by atoms with Crippen molar-refractivity contribution in [2.45, 2.75) is 25.7 Å². The van der Waals surface area contributed by atoms with Crippen molar-refractivity contribution >= 4 is 0 Å². The summed E-state index contributed by atoms with van der Waals surface area (Å²) in [5, 5.41) is 0. The summed E-state index contributed by atoms with van der Waals surface area (Å²) in [5.74, 6) is 0. The molecule has 2 nitrogen and oxygen atoms in total. The van der Waals surface area contributed by atoms with Crippen molar-refractivity contribution < 1.29 is 0 Å². The van der Waals surface area contributed by atoms with Crippen LogP contribution in [0.4, 0.5) is 0 Å². The van der Waals surface area contributed by atoms with E-state index in [4.69, 9.17) is 0 Å². The lowest BCUT2D eigenvalue weighted by atomic mass is 9.95. The zero-order chi connectivity index (χ0) is 11.7. The Kier molecular flexibility index (Phi) is 2.56. The van der Waals surface area contributed by atoms with E-state index < -0.39 is 0 Å². The van der Waals surface area contributed by atoms with Gasteiger partial charge in [-0.15, -0.1) is 0 Å². The molecule has 1 aliphatic carbocycles. The van der Waals surface area contributed by atoms with Gasteiger partial charge in [-0.2, -0.15) is 0 Å². The number of benzene rings is 1. The number of nitrogens with one attached hydrogen (secondary N) is 1. The highest BCUT2D eigenvalue weighted by molar-refractivity contribution is 5.59. The summed E-state index contributed by atoms with van der Waals surface area (Å²) >= 11 is 0. The normalized spacial score (nSPS) is 14.4. The lowest BCUT2D eigenvalue weighted by molar-refractivity contribution is 0.664. The molecule has 86 valence electrons. The maximum atomic E-state index is 12.0. The van der Waals surface area contributed by atoms with Crippen LogP contribution >= 0.6 is 0 Å². The molecule has 17 heavy (non-hydrogen) atoms. The second-order valence-electron chi connectivity index (χ2n) is 4.58. The molecule has 2 aromatic rings. The average Bonchev–Trinajstić information content (AvgIpc) is 2.40. The van der Waals surface area contributed by atoms with Crippen LogP contribution in [0.15, 0.2) is 41.2 Å². The van der Waals surface area contributed by atoms with E-state index in [0.717, 1.165) is 41.8 Å². The molecule has 1 heterocycles. The quantitative estimate of drug-likeness (QED) is 0.795. The number of H-pyrrole nitrogens is 1. The fourth-order valence-corrected chi connectivity index (χ4v) is 2.51. The molecule has 1 N–H and O–H groups in total. The van der Waals surface area contributed by atoms with Gasteiger partial charge in [-0.25, -0.2) is 0 Å². The molecule has 0 saturated heterocycles. The first-order valence-corrected chi connectivity index (χ1v) is 6.15. The molecule has 1 aromatic carbocycles.